The molecule has 2 N–H and O–H groups in total. The number of nitrogens with one attached hydrogen (secondary N) is 1. The number of hydrogen-bond donors (Lipinski definition) is 2. The molecule has 0 saturated carbocycles. The van der Waals surface area contributed by atoms with Crippen molar-refractivity contribution in [1.82, 2.24) is 5.32 Å². The van der Waals surface area contributed by atoms with Crippen molar-refractivity contribution in [1.29, 1.82) is 0 Å². The summed E-state index contributed by atoms with van der Waals surface area (Å²) in [5.74, 6) is 1.44. The first-order valence-corrected chi connectivity index (χ1v) is 7.25. The van der Waals surface area contributed by atoms with Crippen LogP contribution in [0.2, 0.25) is 0 Å². The fourth-order valence-corrected chi connectivity index (χ4v) is 1.58. The summed E-state index contributed by atoms with van der Waals surface area (Å²) in [5, 5.41) is 12.8. The van der Waals surface area contributed by atoms with Gasteiger partial charge in [0.1, 0.15) is 12.4 Å². The second-order valence-corrected chi connectivity index (χ2v) is 5.25. The number of furan rings is 1. The Kier molecular flexibility index (Phi) is 9.32. The van der Waals surface area contributed by atoms with Crippen LogP contribution in [0.25, 0.3) is 0 Å². The molecule has 0 aliphatic rings. The summed E-state index contributed by atoms with van der Waals surface area (Å²) in [4.78, 5) is 0. The van der Waals surface area contributed by atoms with E-state index in [1.165, 1.54) is 0 Å². The molecule has 1 unspecified atom stereocenters. The molecule has 0 aromatic carbocycles. The molecule has 0 saturated heterocycles. The quantitative estimate of drug-likeness (QED) is 0.573. The van der Waals surface area contributed by atoms with Crippen molar-refractivity contribution < 1.29 is 19.0 Å². The molecule has 0 amide bonds. The zero-order chi connectivity index (χ0) is 14.6. The normalized spacial score (nSPS) is 13.0. The second-order valence-electron chi connectivity index (χ2n) is 5.25. The molecule has 1 aromatic heterocycles. The summed E-state index contributed by atoms with van der Waals surface area (Å²) >= 11 is 0. The van der Waals surface area contributed by atoms with E-state index in [-0.39, 0.29) is 0 Å². The molecule has 116 valence electrons. The van der Waals surface area contributed by atoms with Crippen LogP contribution in [-0.4, -0.2) is 44.1 Å². The number of ether oxygens (including phenoxy) is 2. The highest BCUT2D eigenvalue weighted by Gasteiger charge is 2.04. The topological polar surface area (TPSA) is 63.9 Å². The van der Waals surface area contributed by atoms with E-state index in [9.17, 15) is 5.11 Å². The summed E-state index contributed by atoms with van der Waals surface area (Å²) in [6.45, 7) is 7.77. The van der Waals surface area contributed by atoms with Crippen molar-refractivity contribution in [3.05, 3.63) is 24.2 Å². The van der Waals surface area contributed by atoms with E-state index in [1.54, 1.807) is 6.26 Å². The maximum Gasteiger partial charge on any atom is 0.129 e. The largest absolute Gasteiger partial charge is 0.467 e. The third-order valence-corrected chi connectivity index (χ3v) is 2.78. The lowest BCUT2D eigenvalue weighted by Gasteiger charge is -2.12. The predicted molar refractivity (Wildman–Crippen MR) is 77.5 cm³/mol. The Morgan fingerprint density at radius 3 is 2.85 bits per heavy atom. The van der Waals surface area contributed by atoms with Crippen LogP contribution in [-0.2, 0) is 16.1 Å². The first kappa shape index (κ1) is 17.2. The van der Waals surface area contributed by atoms with Gasteiger partial charge in [-0.15, -0.1) is 0 Å². The Morgan fingerprint density at radius 1 is 1.30 bits per heavy atom. The summed E-state index contributed by atoms with van der Waals surface area (Å²) < 4.78 is 15.9. The van der Waals surface area contributed by atoms with E-state index >= 15 is 0 Å². The standard InChI is InChI=1S/C15H27NO4/c1-13(2)5-8-18-9-6-16-10-14(17)11-19-12-15-4-3-7-20-15/h3-4,7,13-14,16-17H,5-6,8-12H2,1-2H3. The van der Waals surface area contributed by atoms with Gasteiger partial charge < -0.3 is 24.3 Å². The van der Waals surface area contributed by atoms with E-state index in [1.807, 2.05) is 12.1 Å². The molecule has 0 spiro atoms. The van der Waals surface area contributed by atoms with Crippen LogP contribution in [0, 0.1) is 5.92 Å². The van der Waals surface area contributed by atoms with Crippen molar-refractivity contribution in [2.75, 3.05) is 32.9 Å². The third-order valence-electron chi connectivity index (χ3n) is 2.78. The molecule has 1 aromatic rings. The SMILES string of the molecule is CC(C)CCOCCNCC(O)COCc1ccco1. The summed E-state index contributed by atoms with van der Waals surface area (Å²) in [6, 6.07) is 3.66. The maximum absolute atomic E-state index is 9.69. The minimum Gasteiger partial charge on any atom is -0.467 e. The van der Waals surface area contributed by atoms with Gasteiger partial charge in [0, 0.05) is 19.7 Å². The van der Waals surface area contributed by atoms with Gasteiger partial charge >= 0.3 is 0 Å². The first-order valence-electron chi connectivity index (χ1n) is 7.25. The van der Waals surface area contributed by atoms with E-state index in [0.29, 0.717) is 32.3 Å². The van der Waals surface area contributed by atoms with Crippen molar-refractivity contribution in [3.63, 3.8) is 0 Å². The highest BCUT2D eigenvalue weighted by molar-refractivity contribution is 4.96. The zero-order valence-corrected chi connectivity index (χ0v) is 12.5. The Labute approximate surface area is 121 Å². The van der Waals surface area contributed by atoms with Crippen LogP contribution in [0.1, 0.15) is 26.0 Å². The third kappa shape index (κ3) is 9.09. The molecule has 20 heavy (non-hydrogen) atoms. The summed E-state index contributed by atoms with van der Waals surface area (Å²) in [7, 11) is 0. The number of aliphatic hydroxyl groups is 1. The first-order chi connectivity index (χ1) is 9.68. The molecular weight excluding hydrogens is 258 g/mol. The number of rotatable bonds is 12. The van der Waals surface area contributed by atoms with Gasteiger partial charge in [-0.1, -0.05) is 13.8 Å². The lowest BCUT2D eigenvalue weighted by Crippen LogP contribution is -2.32. The van der Waals surface area contributed by atoms with Gasteiger partial charge in [-0.2, -0.15) is 0 Å². The molecule has 0 bridgehead atoms. The molecule has 5 heteroatoms. The molecule has 1 rings (SSSR count). The highest BCUT2D eigenvalue weighted by Crippen LogP contribution is 2.02. The fourth-order valence-electron chi connectivity index (χ4n) is 1.58. The molecule has 0 aliphatic heterocycles. The Morgan fingerprint density at radius 2 is 2.15 bits per heavy atom. The fraction of sp³-hybridized carbons (Fsp3) is 0.733. The smallest absolute Gasteiger partial charge is 0.129 e. The van der Waals surface area contributed by atoms with Crippen LogP contribution in [0.3, 0.4) is 0 Å². The van der Waals surface area contributed by atoms with Crippen LogP contribution in [0.15, 0.2) is 22.8 Å². The van der Waals surface area contributed by atoms with E-state index < -0.39 is 6.10 Å². The van der Waals surface area contributed by atoms with E-state index in [2.05, 4.69) is 19.2 Å². The Balaban J connectivity index is 1.86. The van der Waals surface area contributed by atoms with Crippen LogP contribution in [0.4, 0.5) is 0 Å². The Bertz CT molecular complexity index is 314. The molecule has 0 fully saturated rings. The molecule has 0 aliphatic carbocycles. The zero-order valence-electron chi connectivity index (χ0n) is 12.5. The van der Waals surface area contributed by atoms with Gasteiger partial charge in [0.15, 0.2) is 0 Å². The van der Waals surface area contributed by atoms with Gasteiger partial charge in [0.2, 0.25) is 0 Å². The molecule has 5 nitrogen and oxygen atoms in total. The van der Waals surface area contributed by atoms with Gasteiger partial charge in [0.25, 0.3) is 0 Å². The lowest BCUT2D eigenvalue weighted by molar-refractivity contribution is 0.0217. The average Bonchev–Trinajstić information content (AvgIpc) is 2.90. The predicted octanol–water partition coefficient (Wildman–Crippen LogP) is 1.81. The average molecular weight is 285 g/mol. The maximum atomic E-state index is 9.69. The Hall–Kier alpha value is -0.880. The van der Waals surface area contributed by atoms with E-state index in [0.717, 1.165) is 25.3 Å². The van der Waals surface area contributed by atoms with Gasteiger partial charge in [-0.25, -0.2) is 0 Å². The molecule has 0 radical (unpaired) electrons. The number of aliphatic hydroxyl groups excluding tert-OH is 1. The van der Waals surface area contributed by atoms with Gasteiger partial charge in [-0.05, 0) is 24.5 Å². The summed E-state index contributed by atoms with van der Waals surface area (Å²) in [6.07, 6.45) is 2.18. The number of hydrogen-bond acceptors (Lipinski definition) is 5. The van der Waals surface area contributed by atoms with Crippen LogP contribution >= 0.6 is 0 Å². The lowest BCUT2D eigenvalue weighted by atomic mass is 10.1. The second kappa shape index (κ2) is 10.9. The van der Waals surface area contributed by atoms with Crippen molar-refractivity contribution >= 4 is 0 Å². The van der Waals surface area contributed by atoms with Crippen LogP contribution in [0.5, 0.6) is 0 Å². The monoisotopic (exact) mass is 285 g/mol. The highest BCUT2D eigenvalue weighted by atomic mass is 16.5. The molecule has 1 atom stereocenters. The van der Waals surface area contributed by atoms with Crippen molar-refractivity contribution in [2.24, 2.45) is 5.92 Å². The van der Waals surface area contributed by atoms with Crippen molar-refractivity contribution in [3.8, 4) is 0 Å². The molecule has 1 heterocycles. The van der Waals surface area contributed by atoms with Crippen LogP contribution < -0.4 is 5.32 Å². The van der Waals surface area contributed by atoms with Gasteiger partial charge in [0.05, 0.1) is 25.6 Å². The van der Waals surface area contributed by atoms with Crippen molar-refractivity contribution in [2.45, 2.75) is 33.0 Å². The molecular formula is C15H27NO4. The van der Waals surface area contributed by atoms with Gasteiger partial charge in [-0.3, -0.25) is 0 Å². The minimum absolute atomic E-state index is 0.294. The minimum atomic E-state index is -0.513. The summed E-state index contributed by atoms with van der Waals surface area (Å²) in [5.41, 5.74) is 0. The van der Waals surface area contributed by atoms with E-state index in [4.69, 9.17) is 13.9 Å².